The number of rotatable bonds is 1. The first-order valence-corrected chi connectivity index (χ1v) is 4.68. The number of nitrogens with zero attached hydrogens (tertiary/aromatic N) is 1. The number of hydrogen-bond acceptors (Lipinski definition) is 2. The first kappa shape index (κ1) is 10.5. The molecule has 1 aliphatic heterocycles. The van der Waals surface area contributed by atoms with Crippen molar-refractivity contribution < 1.29 is 4.79 Å². The summed E-state index contributed by atoms with van der Waals surface area (Å²) in [4.78, 5) is 11.6. The Bertz CT molecular complexity index is 180. The summed E-state index contributed by atoms with van der Waals surface area (Å²) in [5.74, 6) is 0.0275. The van der Waals surface area contributed by atoms with E-state index >= 15 is 0 Å². The zero-order valence-corrected chi connectivity index (χ0v) is 8.55. The molecule has 0 aromatic carbocycles. The molecule has 1 heterocycles. The molecule has 0 saturated carbocycles. The average molecular weight is 184 g/mol. The van der Waals surface area contributed by atoms with E-state index in [1.165, 1.54) is 0 Å². The Hall–Kier alpha value is -0.610. The lowest BCUT2D eigenvalue weighted by atomic mass is 10.1. The molecule has 1 aliphatic rings. The van der Waals surface area contributed by atoms with Gasteiger partial charge in [-0.2, -0.15) is 0 Å². The summed E-state index contributed by atoms with van der Waals surface area (Å²) in [7, 11) is 0. The number of carbonyl (C=O) groups is 1. The Balaban J connectivity index is 2.38. The van der Waals surface area contributed by atoms with Crippen LogP contribution in [0.1, 0.15) is 20.8 Å². The first-order valence-electron chi connectivity index (χ1n) is 4.68. The van der Waals surface area contributed by atoms with Crippen LogP contribution >= 0.6 is 0 Å². The third-order valence-electron chi connectivity index (χ3n) is 1.78. The summed E-state index contributed by atoms with van der Waals surface area (Å²) < 4.78 is 0. The molecule has 4 heteroatoms. The van der Waals surface area contributed by atoms with Gasteiger partial charge in [-0.05, 0) is 20.8 Å². The average Bonchev–Trinajstić information content (AvgIpc) is 2.03. The molecule has 75 valence electrons. The van der Waals surface area contributed by atoms with Crippen molar-refractivity contribution in [2.24, 2.45) is 0 Å². The normalized spacial score (nSPS) is 24.1. The lowest BCUT2D eigenvalue weighted by Gasteiger charge is -2.27. The third-order valence-corrected chi connectivity index (χ3v) is 1.78. The topological polar surface area (TPSA) is 55.2 Å². The van der Waals surface area contributed by atoms with Crippen LogP contribution in [0.2, 0.25) is 0 Å². The fourth-order valence-electron chi connectivity index (χ4n) is 1.23. The highest BCUT2D eigenvalue weighted by atomic mass is 16.2. The predicted octanol–water partition coefficient (Wildman–Crippen LogP) is -0.523. The monoisotopic (exact) mass is 184 g/mol. The second kappa shape index (κ2) is 4.07. The molecular formula is C9H18N3O. The Morgan fingerprint density at radius 3 is 2.69 bits per heavy atom. The molecule has 1 saturated heterocycles. The maximum Gasteiger partial charge on any atom is 0.240 e. The lowest BCUT2D eigenvalue weighted by molar-refractivity contribution is -0.124. The van der Waals surface area contributed by atoms with Crippen molar-refractivity contribution >= 4 is 5.91 Å². The molecule has 1 fully saturated rings. The maximum absolute atomic E-state index is 11.6. The fraction of sp³-hybridized carbons (Fsp3) is 0.889. The van der Waals surface area contributed by atoms with Crippen molar-refractivity contribution in [2.75, 3.05) is 19.6 Å². The lowest BCUT2D eigenvalue weighted by Crippen LogP contribution is -2.55. The molecule has 4 nitrogen and oxygen atoms in total. The van der Waals surface area contributed by atoms with E-state index in [2.05, 4.69) is 16.0 Å². The molecule has 1 amide bonds. The Morgan fingerprint density at radius 2 is 2.23 bits per heavy atom. The summed E-state index contributed by atoms with van der Waals surface area (Å²) in [6.45, 7) is 8.22. The molecule has 0 aromatic heterocycles. The van der Waals surface area contributed by atoms with Gasteiger partial charge in [0.05, 0.1) is 0 Å². The molecule has 1 unspecified atom stereocenters. The van der Waals surface area contributed by atoms with E-state index in [1.807, 2.05) is 20.8 Å². The highest BCUT2D eigenvalue weighted by molar-refractivity contribution is 5.82. The minimum Gasteiger partial charge on any atom is -0.350 e. The molecule has 0 aromatic rings. The standard InChI is InChI=1S/C9H18N3O/c1-9(2,3)12-8(13)7-6-10-4-5-11-7/h7,10H,4-6H2,1-3H3,(H,12,13). The zero-order chi connectivity index (χ0) is 9.90. The predicted molar refractivity (Wildman–Crippen MR) is 51.6 cm³/mol. The first-order chi connectivity index (χ1) is 5.99. The zero-order valence-electron chi connectivity index (χ0n) is 8.55. The van der Waals surface area contributed by atoms with Crippen molar-refractivity contribution in [1.82, 2.24) is 16.0 Å². The van der Waals surface area contributed by atoms with Crippen molar-refractivity contribution in [3.63, 3.8) is 0 Å². The molecule has 0 bridgehead atoms. The number of amides is 1. The minimum atomic E-state index is -0.201. The number of piperazine rings is 1. The minimum absolute atomic E-state index is 0.0275. The Labute approximate surface area is 79.5 Å². The van der Waals surface area contributed by atoms with E-state index in [4.69, 9.17) is 0 Å². The SMILES string of the molecule is CC(C)(C)NC(=O)C1CNCC[N]1. The van der Waals surface area contributed by atoms with E-state index < -0.39 is 0 Å². The van der Waals surface area contributed by atoms with Crippen molar-refractivity contribution in [2.45, 2.75) is 32.4 Å². The van der Waals surface area contributed by atoms with Gasteiger partial charge < -0.3 is 10.6 Å². The van der Waals surface area contributed by atoms with Crippen LogP contribution < -0.4 is 16.0 Å². The van der Waals surface area contributed by atoms with Crippen molar-refractivity contribution in [3.05, 3.63) is 0 Å². The molecule has 0 spiro atoms. The van der Waals surface area contributed by atoms with E-state index in [0.29, 0.717) is 6.54 Å². The van der Waals surface area contributed by atoms with Gasteiger partial charge in [-0.15, -0.1) is 0 Å². The van der Waals surface area contributed by atoms with Crippen LogP contribution in [-0.4, -0.2) is 37.1 Å². The van der Waals surface area contributed by atoms with Gasteiger partial charge in [0.25, 0.3) is 0 Å². The fourth-order valence-corrected chi connectivity index (χ4v) is 1.23. The highest BCUT2D eigenvalue weighted by Crippen LogP contribution is 2.00. The van der Waals surface area contributed by atoms with Gasteiger partial charge in [0.2, 0.25) is 5.91 Å². The summed E-state index contributed by atoms with van der Waals surface area (Å²) in [6.07, 6.45) is 0. The second-order valence-corrected chi connectivity index (χ2v) is 4.37. The van der Waals surface area contributed by atoms with Crippen molar-refractivity contribution in [1.29, 1.82) is 0 Å². The molecule has 1 atom stereocenters. The Kier molecular flexibility index (Phi) is 3.27. The van der Waals surface area contributed by atoms with E-state index in [0.717, 1.165) is 13.1 Å². The largest absolute Gasteiger partial charge is 0.350 e. The molecule has 2 N–H and O–H groups in total. The van der Waals surface area contributed by atoms with Crippen LogP contribution in [0.5, 0.6) is 0 Å². The summed E-state index contributed by atoms with van der Waals surface area (Å²) in [5, 5.41) is 10.3. The smallest absolute Gasteiger partial charge is 0.240 e. The van der Waals surface area contributed by atoms with E-state index in [9.17, 15) is 4.79 Å². The van der Waals surface area contributed by atoms with Crippen LogP contribution in [0.25, 0.3) is 0 Å². The van der Waals surface area contributed by atoms with Gasteiger partial charge in [0.15, 0.2) is 0 Å². The van der Waals surface area contributed by atoms with Gasteiger partial charge in [-0.1, -0.05) is 0 Å². The van der Waals surface area contributed by atoms with Gasteiger partial charge in [-0.25, -0.2) is 5.32 Å². The maximum atomic E-state index is 11.6. The van der Waals surface area contributed by atoms with Crippen LogP contribution in [0.15, 0.2) is 0 Å². The highest BCUT2D eigenvalue weighted by Gasteiger charge is 2.24. The molecule has 1 radical (unpaired) electrons. The van der Waals surface area contributed by atoms with Gasteiger partial charge in [-0.3, -0.25) is 4.79 Å². The van der Waals surface area contributed by atoms with Gasteiger partial charge >= 0.3 is 0 Å². The summed E-state index contributed by atoms with van der Waals surface area (Å²) in [6, 6.07) is -0.201. The number of nitrogens with one attached hydrogen (secondary N) is 2. The second-order valence-electron chi connectivity index (χ2n) is 4.37. The third kappa shape index (κ3) is 3.74. The molecule has 13 heavy (non-hydrogen) atoms. The van der Waals surface area contributed by atoms with Crippen molar-refractivity contribution in [3.8, 4) is 0 Å². The molecule has 0 aliphatic carbocycles. The summed E-state index contributed by atoms with van der Waals surface area (Å²) >= 11 is 0. The van der Waals surface area contributed by atoms with Crippen LogP contribution in [0.3, 0.4) is 0 Å². The van der Waals surface area contributed by atoms with E-state index in [1.54, 1.807) is 0 Å². The number of hydrogen-bond donors (Lipinski definition) is 2. The van der Waals surface area contributed by atoms with Crippen LogP contribution in [0, 0.1) is 0 Å². The summed E-state index contributed by atoms with van der Waals surface area (Å²) in [5.41, 5.74) is -0.163. The van der Waals surface area contributed by atoms with E-state index in [-0.39, 0.29) is 17.5 Å². The van der Waals surface area contributed by atoms with Gasteiger partial charge in [0, 0.05) is 25.2 Å². The number of carbonyl (C=O) groups excluding carboxylic acids is 1. The molecule has 1 rings (SSSR count). The Morgan fingerprint density at radius 1 is 1.54 bits per heavy atom. The van der Waals surface area contributed by atoms with Gasteiger partial charge in [0.1, 0.15) is 6.04 Å². The van der Waals surface area contributed by atoms with Crippen LogP contribution in [-0.2, 0) is 4.79 Å². The van der Waals surface area contributed by atoms with Crippen LogP contribution in [0.4, 0.5) is 0 Å². The quantitative estimate of drug-likeness (QED) is 0.576. The molecular weight excluding hydrogens is 166 g/mol.